The van der Waals surface area contributed by atoms with Crippen molar-refractivity contribution in [1.29, 1.82) is 0 Å². The molecule has 2 aromatic carbocycles. The first-order chi connectivity index (χ1) is 17.3. The van der Waals surface area contributed by atoms with Crippen molar-refractivity contribution in [3.05, 3.63) is 70.0 Å². The van der Waals surface area contributed by atoms with Gasteiger partial charge in [-0.05, 0) is 66.3 Å². The molecule has 1 amide bonds. The number of aromatic nitrogens is 3. The zero-order valence-corrected chi connectivity index (χ0v) is 22.6. The number of ether oxygens (including phenoxy) is 1. The molecule has 6 nitrogen and oxygen atoms in total. The van der Waals surface area contributed by atoms with Crippen molar-refractivity contribution < 1.29 is 9.53 Å². The van der Waals surface area contributed by atoms with E-state index in [1.165, 1.54) is 11.1 Å². The first-order valence-electron chi connectivity index (χ1n) is 13.3. The molecule has 1 aromatic heterocycles. The molecule has 6 heteroatoms. The normalized spacial score (nSPS) is 15.5. The maximum Gasteiger partial charge on any atom is 0.254 e. The van der Waals surface area contributed by atoms with Crippen molar-refractivity contribution in [2.75, 3.05) is 26.8 Å². The van der Waals surface area contributed by atoms with Crippen LogP contribution in [-0.4, -0.2) is 52.8 Å². The highest BCUT2D eigenvalue weighted by molar-refractivity contribution is 5.97. The summed E-state index contributed by atoms with van der Waals surface area (Å²) in [4.78, 5) is 20.4. The van der Waals surface area contributed by atoms with Gasteiger partial charge in [-0.1, -0.05) is 58.0 Å². The molecule has 1 N–H and O–H groups in total. The van der Waals surface area contributed by atoms with Gasteiger partial charge in [-0.25, -0.2) is 4.98 Å². The number of methoxy groups -OCH3 is 1. The van der Waals surface area contributed by atoms with Crippen LogP contribution in [0.25, 0.3) is 11.4 Å². The molecule has 0 saturated carbocycles. The van der Waals surface area contributed by atoms with Gasteiger partial charge in [0.05, 0.1) is 6.61 Å². The lowest BCUT2D eigenvalue weighted by Crippen LogP contribution is -2.38. The summed E-state index contributed by atoms with van der Waals surface area (Å²) >= 11 is 0. The number of piperidine rings is 1. The summed E-state index contributed by atoms with van der Waals surface area (Å²) in [6.45, 7) is 12.8. The van der Waals surface area contributed by atoms with Gasteiger partial charge >= 0.3 is 0 Å². The molecule has 36 heavy (non-hydrogen) atoms. The molecule has 0 aliphatic carbocycles. The number of hydrogen-bond donors (Lipinski definition) is 1. The minimum Gasteiger partial charge on any atom is -0.384 e. The number of amides is 1. The van der Waals surface area contributed by atoms with Gasteiger partial charge in [0.15, 0.2) is 5.82 Å². The molecule has 0 radical (unpaired) electrons. The molecule has 3 aromatic rings. The van der Waals surface area contributed by atoms with Crippen LogP contribution in [0.1, 0.15) is 96.7 Å². The quantitative estimate of drug-likeness (QED) is 0.408. The van der Waals surface area contributed by atoms with E-state index in [4.69, 9.17) is 9.72 Å². The van der Waals surface area contributed by atoms with Crippen molar-refractivity contribution in [2.24, 2.45) is 0 Å². The molecule has 192 valence electrons. The van der Waals surface area contributed by atoms with Crippen LogP contribution in [0.4, 0.5) is 0 Å². The first kappa shape index (κ1) is 26.1. The second-order valence-corrected chi connectivity index (χ2v) is 10.5. The predicted octanol–water partition coefficient (Wildman–Crippen LogP) is 6.24. The smallest absolute Gasteiger partial charge is 0.254 e. The van der Waals surface area contributed by atoms with E-state index in [-0.39, 0.29) is 11.8 Å². The van der Waals surface area contributed by atoms with Crippen molar-refractivity contribution >= 4 is 5.91 Å². The summed E-state index contributed by atoms with van der Waals surface area (Å²) in [5.74, 6) is 2.71. The maximum atomic E-state index is 13.7. The fraction of sp³-hybridized carbons (Fsp3) is 0.500. The monoisotopic (exact) mass is 488 g/mol. The molecule has 0 spiro atoms. The standard InChI is InChI=1S/C30H40N4O2/c1-7-22-16-20(4)26(29-31-28(32-33-29)21(5)18-36-6)17-27(22)30(35)34-14-12-25(13-15-34)24-10-8-23(9-11-24)19(2)3/h8-11,16-17,19,21,25H,7,12-15,18H2,1-6H3,(H,31,32,33). The van der Waals surface area contributed by atoms with Crippen LogP contribution in [0, 0.1) is 6.92 Å². The lowest BCUT2D eigenvalue weighted by Gasteiger charge is -2.33. The SMILES string of the molecule is CCc1cc(C)c(-c2n[nH]c(C(C)COC)n2)cc1C(=O)N1CCC(c2ccc(C(C)C)cc2)CC1. The van der Waals surface area contributed by atoms with Gasteiger partial charge in [0.25, 0.3) is 5.91 Å². The molecule has 0 bridgehead atoms. The number of rotatable bonds is 8. The Balaban J connectivity index is 1.51. The Labute approximate surface area is 215 Å². The Morgan fingerprint density at radius 2 is 1.83 bits per heavy atom. The van der Waals surface area contributed by atoms with Gasteiger partial charge in [-0.15, -0.1) is 0 Å². The Kier molecular flexibility index (Phi) is 8.24. The molecular formula is C30H40N4O2. The minimum atomic E-state index is 0.116. The highest BCUT2D eigenvalue weighted by atomic mass is 16.5. The largest absolute Gasteiger partial charge is 0.384 e. The lowest BCUT2D eigenvalue weighted by atomic mass is 9.87. The summed E-state index contributed by atoms with van der Waals surface area (Å²) in [6.07, 6.45) is 2.80. The summed E-state index contributed by atoms with van der Waals surface area (Å²) in [6, 6.07) is 13.2. The van der Waals surface area contributed by atoms with E-state index in [1.807, 2.05) is 11.0 Å². The van der Waals surface area contributed by atoms with Crippen LogP contribution in [-0.2, 0) is 11.2 Å². The van der Waals surface area contributed by atoms with Crippen molar-refractivity contribution in [2.45, 2.75) is 71.6 Å². The van der Waals surface area contributed by atoms with E-state index < -0.39 is 0 Å². The van der Waals surface area contributed by atoms with Crippen molar-refractivity contribution in [3.8, 4) is 11.4 Å². The number of likely N-dealkylation sites (tertiary alicyclic amines) is 1. The van der Waals surface area contributed by atoms with Gasteiger partial charge in [-0.3, -0.25) is 9.89 Å². The molecule has 1 saturated heterocycles. The summed E-state index contributed by atoms with van der Waals surface area (Å²) in [5, 5.41) is 7.51. The molecule has 1 aliphatic heterocycles. The van der Waals surface area contributed by atoms with Crippen molar-refractivity contribution in [3.63, 3.8) is 0 Å². The van der Waals surface area contributed by atoms with Crippen LogP contribution in [0.3, 0.4) is 0 Å². The third kappa shape index (κ3) is 5.54. The minimum absolute atomic E-state index is 0.116. The summed E-state index contributed by atoms with van der Waals surface area (Å²) in [7, 11) is 1.69. The Bertz CT molecular complexity index is 1170. The molecule has 2 heterocycles. The zero-order valence-electron chi connectivity index (χ0n) is 22.6. The Hall–Kier alpha value is -2.99. The number of nitrogens with zero attached hydrogens (tertiary/aromatic N) is 3. The van der Waals surface area contributed by atoms with E-state index in [9.17, 15) is 4.79 Å². The Morgan fingerprint density at radius 1 is 1.14 bits per heavy atom. The number of benzene rings is 2. The fourth-order valence-electron chi connectivity index (χ4n) is 5.18. The molecule has 1 atom stereocenters. The van der Waals surface area contributed by atoms with E-state index in [0.29, 0.717) is 24.3 Å². The van der Waals surface area contributed by atoms with E-state index in [2.05, 4.69) is 75.1 Å². The van der Waals surface area contributed by atoms with Crippen LogP contribution < -0.4 is 0 Å². The molecule has 1 aliphatic rings. The van der Waals surface area contributed by atoms with E-state index >= 15 is 0 Å². The van der Waals surface area contributed by atoms with Gasteiger partial charge in [0.2, 0.25) is 0 Å². The maximum absolute atomic E-state index is 13.7. The van der Waals surface area contributed by atoms with Gasteiger partial charge in [0, 0.05) is 37.2 Å². The highest BCUT2D eigenvalue weighted by Gasteiger charge is 2.27. The lowest BCUT2D eigenvalue weighted by molar-refractivity contribution is 0.0712. The third-order valence-corrected chi connectivity index (χ3v) is 7.55. The number of aryl methyl sites for hydroxylation is 2. The number of aromatic amines is 1. The molecule has 4 rings (SSSR count). The summed E-state index contributed by atoms with van der Waals surface area (Å²) in [5.41, 5.74) is 6.60. The number of H-pyrrole nitrogens is 1. The topological polar surface area (TPSA) is 71.1 Å². The zero-order chi connectivity index (χ0) is 25.8. The van der Waals surface area contributed by atoms with E-state index in [1.54, 1.807) is 7.11 Å². The number of carbonyl (C=O) groups is 1. The van der Waals surface area contributed by atoms with E-state index in [0.717, 1.165) is 60.4 Å². The average molecular weight is 489 g/mol. The highest BCUT2D eigenvalue weighted by Crippen LogP contribution is 2.31. The third-order valence-electron chi connectivity index (χ3n) is 7.55. The predicted molar refractivity (Wildman–Crippen MR) is 145 cm³/mol. The van der Waals surface area contributed by atoms with Gasteiger partial charge in [-0.2, -0.15) is 5.10 Å². The van der Waals surface area contributed by atoms with Gasteiger partial charge < -0.3 is 9.64 Å². The van der Waals surface area contributed by atoms with Gasteiger partial charge in [0.1, 0.15) is 5.82 Å². The Morgan fingerprint density at radius 3 is 2.44 bits per heavy atom. The number of hydrogen-bond acceptors (Lipinski definition) is 4. The fourth-order valence-corrected chi connectivity index (χ4v) is 5.18. The first-order valence-corrected chi connectivity index (χ1v) is 13.3. The van der Waals surface area contributed by atoms with Crippen molar-refractivity contribution in [1.82, 2.24) is 20.1 Å². The number of nitrogens with one attached hydrogen (secondary N) is 1. The molecule has 1 fully saturated rings. The molecular weight excluding hydrogens is 448 g/mol. The van der Waals surface area contributed by atoms with Crippen LogP contribution in [0.15, 0.2) is 36.4 Å². The van der Waals surface area contributed by atoms with Crippen LogP contribution in [0.2, 0.25) is 0 Å². The second kappa shape index (κ2) is 11.4. The van der Waals surface area contributed by atoms with Crippen LogP contribution in [0.5, 0.6) is 0 Å². The average Bonchev–Trinajstić information content (AvgIpc) is 3.38. The second-order valence-electron chi connectivity index (χ2n) is 10.5. The summed E-state index contributed by atoms with van der Waals surface area (Å²) < 4.78 is 5.26. The molecule has 1 unspecified atom stereocenters. The number of carbonyl (C=O) groups excluding carboxylic acids is 1. The van der Waals surface area contributed by atoms with Crippen LogP contribution >= 0.6 is 0 Å².